The van der Waals surface area contributed by atoms with E-state index in [1.54, 1.807) is 41.3 Å². The van der Waals surface area contributed by atoms with Crippen LogP contribution in [0.25, 0.3) is 0 Å². The highest BCUT2D eigenvalue weighted by atomic mass is 32.2. The van der Waals surface area contributed by atoms with Crippen molar-refractivity contribution in [2.75, 3.05) is 38.0 Å². The minimum atomic E-state index is -3.89. The van der Waals surface area contributed by atoms with Crippen LogP contribution in [0.3, 0.4) is 0 Å². The summed E-state index contributed by atoms with van der Waals surface area (Å²) >= 11 is 0. The molecule has 0 bridgehead atoms. The Hall–Kier alpha value is -2.62. The lowest BCUT2D eigenvalue weighted by Crippen LogP contribution is -2.50. The number of ether oxygens (including phenoxy) is 1. The van der Waals surface area contributed by atoms with Crippen molar-refractivity contribution < 1.29 is 23.1 Å². The van der Waals surface area contributed by atoms with Crippen molar-refractivity contribution in [3.05, 3.63) is 54.1 Å². The highest BCUT2D eigenvalue weighted by Gasteiger charge is 2.35. The highest BCUT2D eigenvalue weighted by molar-refractivity contribution is 7.92. The van der Waals surface area contributed by atoms with Crippen LogP contribution in [0.5, 0.6) is 5.75 Å². The van der Waals surface area contributed by atoms with Crippen molar-refractivity contribution in [1.29, 1.82) is 0 Å². The van der Waals surface area contributed by atoms with E-state index in [4.69, 9.17) is 4.74 Å². The molecule has 9 heteroatoms. The number of aliphatic hydroxyl groups is 1. The molecule has 35 heavy (non-hydrogen) atoms. The van der Waals surface area contributed by atoms with E-state index in [9.17, 15) is 18.3 Å². The average molecular weight is 502 g/mol. The molecule has 8 nitrogen and oxygen atoms in total. The summed E-state index contributed by atoms with van der Waals surface area (Å²) in [6.45, 7) is 5.73. The van der Waals surface area contributed by atoms with Crippen LogP contribution in [-0.4, -0.2) is 74.7 Å². The van der Waals surface area contributed by atoms with Gasteiger partial charge in [-0.25, -0.2) is 8.42 Å². The van der Waals surface area contributed by atoms with Gasteiger partial charge in [0.1, 0.15) is 6.10 Å². The second kappa shape index (κ2) is 10.6. The summed E-state index contributed by atoms with van der Waals surface area (Å²) in [5.41, 5.74) is 0.501. The fourth-order valence-corrected chi connectivity index (χ4v) is 5.55. The van der Waals surface area contributed by atoms with E-state index in [1.165, 1.54) is 25.0 Å². The summed E-state index contributed by atoms with van der Waals surface area (Å²) in [6, 6.07) is 12.6. The van der Waals surface area contributed by atoms with Gasteiger partial charge in [-0.1, -0.05) is 31.2 Å². The number of amides is 1. The number of fused-ring (bicyclic) bond motifs is 1. The third-order valence-corrected chi connectivity index (χ3v) is 8.13. The summed E-state index contributed by atoms with van der Waals surface area (Å²) < 4.78 is 35.3. The zero-order chi connectivity index (χ0) is 25.2. The summed E-state index contributed by atoms with van der Waals surface area (Å²) in [4.78, 5) is 17.6. The number of nitrogens with zero attached hydrogens (tertiary/aromatic N) is 2. The first-order valence-corrected chi connectivity index (χ1v) is 13.7. The van der Waals surface area contributed by atoms with Crippen molar-refractivity contribution in [1.82, 2.24) is 9.80 Å². The molecule has 190 valence electrons. The zero-order valence-corrected chi connectivity index (χ0v) is 21.4. The van der Waals surface area contributed by atoms with Crippen LogP contribution in [0.4, 0.5) is 5.69 Å². The van der Waals surface area contributed by atoms with E-state index >= 15 is 0 Å². The number of carbonyl (C=O) groups excluding carboxylic acids is 1. The van der Waals surface area contributed by atoms with Crippen LogP contribution in [0.1, 0.15) is 37.0 Å². The molecule has 0 spiro atoms. The molecule has 2 aromatic carbocycles. The molecule has 0 saturated heterocycles. The molecular weight excluding hydrogens is 466 g/mol. The van der Waals surface area contributed by atoms with Gasteiger partial charge in [0.25, 0.3) is 15.9 Å². The van der Waals surface area contributed by atoms with E-state index < -0.39 is 10.0 Å². The lowest BCUT2D eigenvalue weighted by atomic mass is 9.99. The quantitative estimate of drug-likeness (QED) is 0.548. The number of hydrogen-bond acceptors (Lipinski definition) is 6. The van der Waals surface area contributed by atoms with Crippen molar-refractivity contribution in [3.8, 4) is 5.75 Å². The van der Waals surface area contributed by atoms with Crippen molar-refractivity contribution in [2.24, 2.45) is 11.8 Å². The SMILES string of the molecule is C[C@@H]1CN([C@H](C)CO)C(=O)c2cccc(NS(=O)(=O)c3ccccc3)c2O[C@H]1CN(C)CC1CC1. The topological polar surface area (TPSA) is 99.2 Å². The van der Waals surface area contributed by atoms with Gasteiger partial charge in [0.15, 0.2) is 5.75 Å². The Kier molecular flexibility index (Phi) is 7.68. The zero-order valence-electron chi connectivity index (χ0n) is 20.6. The molecule has 4 rings (SSSR count). The number of carbonyl (C=O) groups is 1. The normalized spacial score (nSPS) is 21.6. The molecule has 0 radical (unpaired) electrons. The minimum Gasteiger partial charge on any atom is -0.486 e. The van der Waals surface area contributed by atoms with E-state index in [1.807, 2.05) is 13.8 Å². The molecule has 1 aliphatic heterocycles. The Morgan fingerprint density at radius 1 is 1.14 bits per heavy atom. The predicted octanol–water partition coefficient (Wildman–Crippen LogP) is 3.05. The predicted molar refractivity (Wildman–Crippen MR) is 135 cm³/mol. The summed E-state index contributed by atoms with van der Waals surface area (Å²) in [5.74, 6) is 0.612. The molecule has 2 aromatic rings. The minimum absolute atomic E-state index is 0.0402. The van der Waals surface area contributed by atoms with Crippen LogP contribution in [0.15, 0.2) is 53.4 Å². The number of aliphatic hydroxyl groups excluding tert-OH is 1. The van der Waals surface area contributed by atoms with Crippen molar-refractivity contribution in [3.63, 3.8) is 0 Å². The number of benzene rings is 2. The number of sulfonamides is 1. The van der Waals surface area contributed by atoms with Gasteiger partial charge < -0.3 is 19.6 Å². The Morgan fingerprint density at radius 3 is 2.51 bits per heavy atom. The first-order valence-electron chi connectivity index (χ1n) is 12.2. The van der Waals surface area contributed by atoms with E-state index in [-0.39, 0.29) is 52.5 Å². The third kappa shape index (κ3) is 5.97. The van der Waals surface area contributed by atoms with Crippen LogP contribution >= 0.6 is 0 Å². The first kappa shape index (κ1) is 25.5. The Bertz CT molecular complexity index is 1140. The maximum atomic E-state index is 13.6. The van der Waals surface area contributed by atoms with Gasteiger partial charge in [-0.2, -0.15) is 0 Å². The van der Waals surface area contributed by atoms with Crippen LogP contribution in [0, 0.1) is 11.8 Å². The number of nitrogens with one attached hydrogen (secondary N) is 1. The van der Waals surface area contributed by atoms with Gasteiger partial charge in [0, 0.05) is 25.6 Å². The second-order valence-corrected chi connectivity index (χ2v) is 11.6. The van der Waals surface area contributed by atoms with E-state index in [2.05, 4.69) is 16.7 Å². The van der Waals surface area contributed by atoms with Crippen LogP contribution < -0.4 is 9.46 Å². The average Bonchev–Trinajstić information content (AvgIpc) is 3.65. The fourth-order valence-electron chi connectivity index (χ4n) is 4.47. The molecule has 2 N–H and O–H groups in total. The maximum absolute atomic E-state index is 13.6. The number of rotatable bonds is 9. The Labute approximate surface area is 207 Å². The fraction of sp³-hybridized carbons (Fsp3) is 0.500. The molecular formula is C26H35N3O5S. The molecule has 1 aliphatic carbocycles. The second-order valence-electron chi connectivity index (χ2n) is 9.89. The number of para-hydroxylation sites is 1. The smallest absolute Gasteiger partial charge is 0.262 e. The first-order chi connectivity index (χ1) is 16.7. The number of hydrogen-bond donors (Lipinski definition) is 2. The third-order valence-electron chi connectivity index (χ3n) is 6.75. The lowest BCUT2D eigenvalue weighted by Gasteiger charge is -2.38. The van der Waals surface area contributed by atoms with Gasteiger partial charge in [0.2, 0.25) is 0 Å². The molecule has 1 amide bonds. The molecule has 1 heterocycles. The Balaban J connectivity index is 1.72. The van der Waals surface area contributed by atoms with Gasteiger partial charge in [-0.05, 0) is 57.0 Å². The van der Waals surface area contributed by atoms with Gasteiger partial charge in [-0.3, -0.25) is 9.52 Å². The molecule has 3 atom stereocenters. The molecule has 1 saturated carbocycles. The molecule has 2 aliphatic rings. The number of likely N-dealkylation sites (N-methyl/N-ethyl adjacent to an activating group) is 1. The Morgan fingerprint density at radius 2 is 1.86 bits per heavy atom. The van der Waals surface area contributed by atoms with Crippen LogP contribution in [-0.2, 0) is 10.0 Å². The number of anilines is 1. The van der Waals surface area contributed by atoms with Gasteiger partial charge in [-0.15, -0.1) is 0 Å². The monoisotopic (exact) mass is 501 g/mol. The largest absolute Gasteiger partial charge is 0.486 e. The maximum Gasteiger partial charge on any atom is 0.262 e. The lowest BCUT2D eigenvalue weighted by molar-refractivity contribution is 0.0346. The molecule has 0 unspecified atom stereocenters. The van der Waals surface area contributed by atoms with Crippen LogP contribution in [0.2, 0.25) is 0 Å². The molecule has 1 fully saturated rings. The summed E-state index contributed by atoms with van der Waals surface area (Å²) in [5, 5.41) is 9.83. The van der Waals surface area contributed by atoms with E-state index in [0.29, 0.717) is 13.1 Å². The summed E-state index contributed by atoms with van der Waals surface area (Å²) in [6.07, 6.45) is 2.22. The molecule has 0 aromatic heterocycles. The summed E-state index contributed by atoms with van der Waals surface area (Å²) in [7, 11) is -1.82. The highest BCUT2D eigenvalue weighted by Crippen LogP contribution is 2.36. The van der Waals surface area contributed by atoms with Crippen molar-refractivity contribution >= 4 is 21.6 Å². The van der Waals surface area contributed by atoms with E-state index in [0.717, 1.165) is 12.5 Å². The van der Waals surface area contributed by atoms with Gasteiger partial charge in [0.05, 0.1) is 28.8 Å². The van der Waals surface area contributed by atoms with Crippen molar-refractivity contribution in [2.45, 2.75) is 43.7 Å². The standard InChI is InChI=1S/C26H35N3O5S/c1-18-14-29(19(2)17-30)26(31)22-10-7-11-23(27-35(32,33)21-8-5-4-6-9-21)25(22)34-24(18)16-28(3)15-20-12-13-20/h4-11,18-20,24,27,30H,12-17H2,1-3H3/t18-,19-,24+/m1/s1. The van der Waals surface area contributed by atoms with Gasteiger partial charge >= 0.3 is 0 Å².